The van der Waals surface area contributed by atoms with Gasteiger partial charge in [-0.25, -0.2) is 0 Å². The number of ether oxygens (including phenoxy) is 2. The summed E-state index contributed by atoms with van der Waals surface area (Å²) in [5.74, 6) is 2.80. The molecule has 0 radical (unpaired) electrons. The predicted molar refractivity (Wildman–Crippen MR) is 92.0 cm³/mol. The highest BCUT2D eigenvalue weighted by atomic mass is 16.5. The predicted octanol–water partition coefficient (Wildman–Crippen LogP) is 3.58. The summed E-state index contributed by atoms with van der Waals surface area (Å²) in [6.07, 6.45) is 4.71. The molecule has 0 aromatic heterocycles. The molecule has 1 fully saturated rings. The van der Waals surface area contributed by atoms with Crippen LogP contribution >= 0.6 is 0 Å². The summed E-state index contributed by atoms with van der Waals surface area (Å²) in [6.45, 7) is 4.53. The number of nitrogens with one attached hydrogen (secondary N) is 1. The Kier molecular flexibility index (Phi) is 6.31. The highest BCUT2D eigenvalue weighted by Crippen LogP contribution is 2.32. The van der Waals surface area contributed by atoms with Gasteiger partial charge in [-0.1, -0.05) is 38.8 Å². The third-order valence-corrected chi connectivity index (χ3v) is 5.16. The van der Waals surface area contributed by atoms with Gasteiger partial charge in [0.1, 0.15) is 0 Å². The molecule has 2 rings (SSSR count). The molecule has 0 saturated heterocycles. The molecule has 1 amide bonds. The van der Waals surface area contributed by atoms with Crippen molar-refractivity contribution in [3.05, 3.63) is 23.8 Å². The van der Waals surface area contributed by atoms with E-state index in [0.29, 0.717) is 36.5 Å². The van der Waals surface area contributed by atoms with Gasteiger partial charge in [0.15, 0.2) is 11.5 Å². The van der Waals surface area contributed by atoms with Crippen molar-refractivity contribution in [1.29, 1.82) is 0 Å². The maximum absolute atomic E-state index is 12.3. The molecule has 0 aliphatic heterocycles. The summed E-state index contributed by atoms with van der Waals surface area (Å²) in [6, 6.07) is 6.10. The maximum atomic E-state index is 12.3. The summed E-state index contributed by atoms with van der Waals surface area (Å²) in [5.41, 5.74) is 1.01. The van der Waals surface area contributed by atoms with Crippen molar-refractivity contribution < 1.29 is 14.3 Å². The van der Waals surface area contributed by atoms with E-state index in [0.717, 1.165) is 17.7 Å². The number of amides is 1. The van der Waals surface area contributed by atoms with Gasteiger partial charge in [0.05, 0.1) is 14.2 Å². The van der Waals surface area contributed by atoms with Crippen LogP contribution in [-0.4, -0.2) is 26.2 Å². The van der Waals surface area contributed by atoms with Crippen LogP contribution in [0.5, 0.6) is 11.5 Å². The first-order valence-electron chi connectivity index (χ1n) is 8.56. The van der Waals surface area contributed by atoms with Gasteiger partial charge in [-0.2, -0.15) is 0 Å². The van der Waals surface area contributed by atoms with Crippen LogP contribution in [0.15, 0.2) is 18.2 Å². The number of para-hydroxylation sites is 1. The molecule has 4 nitrogen and oxygen atoms in total. The molecule has 0 heterocycles. The molecule has 23 heavy (non-hydrogen) atoms. The van der Waals surface area contributed by atoms with E-state index in [4.69, 9.17) is 9.47 Å². The molecule has 128 valence electrons. The van der Waals surface area contributed by atoms with Gasteiger partial charge in [0, 0.05) is 12.5 Å². The van der Waals surface area contributed by atoms with Crippen molar-refractivity contribution in [3.63, 3.8) is 0 Å². The lowest BCUT2D eigenvalue weighted by molar-refractivity contribution is -0.122. The fraction of sp³-hybridized carbons (Fsp3) is 0.632. The van der Waals surface area contributed by atoms with Crippen LogP contribution in [0.2, 0.25) is 0 Å². The summed E-state index contributed by atoms with van der Waals surface area (Å²) < 4.78 is 10.7. The molecule has 4 heteroatoms. The number of rotatable bonds is 6. The first-order valence-corrected chi connectivity index (χ1v) is 8.56. The van der Waals surface area contributed by atoms with Crippen molar-refractivity contribution in [2.75, 3.05) is 14.2 Å². The molecule has 1 aromatic rings. The van der Waals surface area contributed by atoms with Gasteiger partial charge in [0.2, 0.25) is 5.91 Å². The van der Waals surface area contributed by atoms with Gasteiger partial charge < -0.3 is 14.8 Å². The Balaban J connectivity index is 1.92. The highest BCUT2D eigenvalue weighted by molar-refractivity contribution is 5.76. The highest BCUT2D eigenvalue weighted by Gasteiger charge is 2.28. The lowest BCUT2D eigenvalue weighted by Gasteiger charge is -2.34. The van der Waals surface area contributed by atoms with Crippen molar-refractivity contribution in [1.82, 2.24) is 5.32 Å². The van der Waals surface area contributed by atoms with Crippen LogP contribution in [0.25, 0.3) is 0 Å². The second-order valence-corrected chi connectivity index (χ2v) is 6.59. The van der Waals surface area contributed by atoms with Gasteiger partial charge >= 0.3 is 0 Å². The lowest BCUT2D eigenvalue weighted by atomic mass is 9.78. The largest absolute Gasteiger partial charge is 0.493 e. The maximum Gasteiger partial charge on any atom is 0.220 e. The van der Waals surface area contributed by atoms with Crippen LogP contribution in [-0.2, 0) is 11.2 Å². The molecule has 1 saturated carbocycles. The number of hydrogen-bond donors (Lipinski definition) is 1. The Bertz CT molecular complexity index is 529. The number of methoxy groups -OCH3 is 2. The van der Waals surface area contributed by atoms with E-state index >= 15 is 0 Å². The summed E-state index contributed by atoms with van der Waals surface area (Å²) in [5, 5.41) is 3.22. The summed E-state index contributed by atoms with van der Waals surface area (Å²) >= 11 is 0. The summed E-state index contributed by atoms with van der Waals surface area (Å²) in [4.78, 5) is 12.3. The smallest absolute Gasteiger partial charge is 0.220 e. The quantitative estimate of drug-likeness (QED) is 0.872. The Morgan fingerprint density at radius 1 is 1.22 bits per heavy atom. The van der Waals surface area contributed by atoms with Gasteiger partial charge in [-0.15, -0.1) is 0 Å². The topological polar surface area (TPSA) is 47.6 Å². The van der Waals surface area contributed by atoms with E-state index in [1.54, 1.807) is 14.2 Å². The van der Waals surface area contributed by atoms with E-state index < -0.39 is 0 Å². The van der Waals surface area contributed by atoms with Gasteiger partial charge in [0.25, 0.3) is 0 Å². The molecule has 1 N–H and O–H groups in total. The molecule has 1 aromatic carbocycles. The zero-order valence-electron chi connectivity index (χ0n) is 14.7. The number of hydrogen-bond acceptors (Lipinski definition) is 3. The molecule has 0 bridgehead atoms. The van der Waals surface area contributed by atoms with Gasteiger partial charge in [-0.3, -0.25) is 4.79 Å². The van der Waals surface area contributed by atoms with Crippen LogP contribution in [0, 0.1) is 11.8 Å². The van der Waals surface area contributed by atoms with E-state index in [1.807, 2.05) is 18.2 Å². The van der Waals surface area contributed by atoms with Crippen LogP contribution in [0.3, 0.4) is 0 Å². The standard InChI is InChI=1S/C19H29NO3/c1-13-7-5-9-16(14(13)2)20-18(21)12-11-15-8-6-10-17(22-3)19(15)23-4/h6,8,10,13-14,16H,5,7,9,11-12H2,1-4H3,(H,20,21). The van der Waals surface area contributed by atoms with Crippen molar-refractivity contribution >= 4 is 5.91 Å². The van der Waals surface area contributed by atoms with Crippen LogP contribution < -0.4 is 14.8 Å². The minimum atomic E-state index is 0.126. The molecular weight excluding hydrogens is 290 g/mol. The van der Waals surface area contributed by atoms with E-state index in [1.165, 1.54) is 12.8 Å². The SMILES string of the molecule is COc1cccc(CCC(=O)NC2CCCC(C)C2C)c1OC. The molecule has 3 unspecified atom stereocenters. The Hall–Kier alpha value is -1.71. The lowest BCUT2D eigenvalue weighted by Crippen LogP contribution is -2.43. The van der Waals surface area contributed by atoms with Crippen molar-refractivity contribution in [3.8, 4) is 11.5 Å². The van der Waals surface area contributed by atoms with E-state index in [-0.39, 0.29) is 5.91 Å². The molecule has 0 spiro atoms. The monoisotopic (exact) mass is 319 g/mol. The van der Waals surface area contributed by atoms with E-state index in [9.17, 15) is 4.79 Å². The van der Waals surface area contributed by atoms with Crippen molar-refractivity contribution in [2.24, 2.45) is 11.8 Å². The number of aryl methyl sites for hydroxylation is 1. The number of benzene rings is 1. The minimum Gasteiger partial charge on any atom is -0.493 e. The average Bonchev–Trinajstić information content (AvgIpc) is 2.56. The third-order valence-electron chi connectivity index (χ3n) is 5.16. The number of carbonyl (C=O) groups excluding carboxylic acids is 1. The Morgan fingerprint density at radius 2 is 2.00 bits per heavy atom. The second-order valence-electron chi connectivity index (χ2n) is 6.59. The van der Waals surface area contributed by atoms with Crippen LogP contribution in [0.4, 0.5) is 0 Å². The average molecular weight is 319 g/mol. The third kappa shape index (κ3) is 4.40. The normalized spacial score (nSPS) is 24.1. The van der Waals surface area contributed by atoms with Crippen molar-refractivity contribution in [2.45, 2.75) is 52.0 Å². The number of carbonyl (C=O) groups is 1. The first kappa shape index (κ1) is 17.6. The molecule has 1 aliphatic carbocycles. The van der Waals surface area contributed by atoms with Crippen LogP contribution in [0.1, 0.15) is 45.1 Å². The summed E-state index contributed by atoms with van der Waals surface area (Å²) in [7, 11) is 3.26. The first-order chi connectivity index (χ1) is 11.1. The zero-order valence-corrected chi connectivity index (χ0v) is 14.7. The Morgan fingerprint density at radius 3 is 2.70 bits per heavy atom. The Labute approximate surface area is 139 Å². The second kappa shape index (κ2) is 8.23. The minimum absolute atomic E-state index is 0.126. The zero-order chi connectivity index (χ0) is 16.8. The van der Waals surface area contributed by atoms with Gasteiger partial charge in [-0.05, 0) is 36.3 Å². The fourth-order valence-electron chi connectivity index (χ4n) is 3.46. The molecule has 3 atom stereocenters. The fourth-order valence-corrected chi connectivity index (χ4v) is 3.46. The van der Waals surface area contributed by atoms with E-state index in [2.05, 4.69) is 19.2 Å². The molecular formula is C19H29NO3. The molecule has 1 aliphatic rings.